The molecule has 0 spiro atoms. The Bertz CT molecular complexity index is 790. The van der Waals surface area contributed by atoms with E-state index in [1.54, 1.807) is 0 Å². The largest absolute Gasteiger partial charge is 0.466 e. The lowest BCUT2D eigenvalue weighted by molar-refractivity contribution is -0.145. The molecule has 2 aliphatic rings. The molecule has 23 heavy (non-hydrogen) atoms. The predicted molar refractivity (Wildman–Crippen MR) is 87.9 cm³/mol. The molecule has 4 nitrogen and oxygen atoms in total. The topological polar surface area (TPSA) is 43.6 Å². The molecule has 118 valence electrons. The summed E-state index contributed by atoms with van der Waals surface area (Å²) in [5.41, 5.74) is 2.04. The van der Waals surface area contributed by atoms with Gasteiger partial charge in [-0.2, -0.15) is 0 Å². The minimum atomic E-state index is -0.0728. The molecular formula is C19H20N2O2. The Morgan fingerprint density at radius 1 is 1.39 bits per heavy atom. The van der Waals surface area contributed by atoms with E-state index in [0.717, 1.165) is 17.8 Å². The lowest BCUT2D eigenvalue weighted by Gasteiger charge is -2.12. The van der Waals surface area contributed by atoms with Crippen LogP contribution >= 0.6 is 0 Å². The summed E-state index contributed by atoms with van der Waals surface area (Å²) in [6.07, 6.45) is 13.5. The molecule has 2 heterocycles. The van der Waals surface area contributed by atoms with Crippen molar-refractivity contribution in [3.05, 3.63) is 60.6 Å². The summed E-state index contributed by atoms with van der Waals surface area (Å²) < 4.78 is 7.41. The van der Waals surface area contributed by atoms with Gasteiger partial charge in [-0.05, 0) is 37.3 Å². The van der Waals surface area contributed by atoms with Gasteiger partial charge in [-0.1, -0.05) is 30.4 Å². The fourth-order valence-corrected chi connectivity index (χ4v) is 3.87. The summed E-state index contributed by atoms with van der Waals surface area (Å²) >= 11 is 0. The van der Waals surface area contributed by atoms with Gasteiger partial charge in [-0.15, -0.1) is 0 Å². The lowest BCUT2D eigenvalue weighted by atomic mass is 9.93. The molecule has 0 amide bonds. The van der Waals surface area contributed by atoms with Crippen molar-refractivity contribution >= 4 is 11.6 Å². The standard InChI is InChI=1S/C19H20N2O2/c1-2-23-19(22)18-16(13-8-4-3-5-9-13)17(18)14-12-20-15-10-6-7-11-21(14)15/h3-8,10-13,16-18H,2,9H2,1H3/t13?,16-,17-,18-/m1/s1. The number of pyridine rings is 1. The zero-order valence-electron chi connectivity index (χ0n) is 13.1. The summed E-state index contributed by atoms with van der Waals surface area (Å²) in [5.74, 6) is 0.754. The van der Waals surface area contributed by atoms with Crippen LogP contribution in [0.2, 0.25) is 0 Å². The Hall–Kier alpha value is -2.36. The van der Waals surface area contributed by atoms with Crippen LogP contribution in [0.1, 0.15) is 25.0 Å². The van der Waals surface area contributed by atoms with Gasteiger partial charge >= 0.3 is 5.97 Å². The van der Waals surface area contributed by atoms with Crippen LogP contribution in [0.4, 0.5) is 0 Å². The number of rotatable bonds is 4. The molecule has 0 saturated heterocycles. The highest BCUT2D eigenvalue weighted by Crippen LogP contribution is 2.59. The van der Waals surface area contributed by atoms with Gasteiger partial charge in [0.05, 0.1) is 12.5 Å². The van der Waals surface area contributed by atoms with E-state index < -0.39 is 0 Å². The number of aromatic nitrogens is 2. The van der Waals surface area contributed by atoms with E-state index in [1.807, 2.05) is 37.5 Å². The number of ether oxygens (including phenoxy) is 1. The van der Waals surface area contributed by atoms with Crippen LogP contribution in [0.5, 0.6) is 0 Å². The quantitative estimate of drug-likeness (QED) is 0.814. The maximum atomic E-state index is 12.4. The van der Waals surface area contributed by atoms with Gasteiger partial charge in [0.25, 0.3) is 0 Å². The fourth-order valence-electron chi connectivity index (χ4n) is 3.87. The molecule has 2 aromatic rings. The fraction of sp³-hybridized carbons (Fsp3) is 0.368. The van der Waals surface area contributed by atoms with Crippen molar-refractivity contribution in [1.29, 1.82) is 0 Å². The van der Waals surface area contributed by atoms with E-state index in [2.05, 4.69) is 33.7 Å². The summed E-state index contributed by atoms with van der Waals surface area (Å²) in [6, 6.07) is 5.97. The third-order valence-electron chi connectivity index (χ3n) is 4.93. The average Bonchev–Trinajstić information content (AvgIpc) is 3.19. The second-order valence-corrected chi connectivity index (χ2v) is 6.21. The van der Waals surface area contributed by atoms with Crippen molar-refractivity contribution in [2.45, 2.75) is 19.3 Å². The van der Waals surface area contributed by atoms with Gasteiger partial charge in [0, 0.05) is 24.0 Å². The van der Waals surface area contributed by atoms with Crippen LogP contribution in [0.25, 0.3) is 5.65 Å². The van der Waals surface area contributed by atoms with Crippen molar-refractivity contribution in [3.63, 3.8) is 0 Å². The molecule has 0 N–H and O–H groups in total. The van der Waals surface area contributed by atoms with Crippen LogP contribution in [0.3, 0.4) is 0 Å². The number of imidazole rings is 1. The molecule has 4 heteroatoms. The molecule has 0 aromatic carbocycles. The Balaban J connectivity index is 1.68. The monoisotopic (exact) mass is 308 g/mol. The number of carbonyl (C=O) groups is 1. The first-order valence-electron chi connectivity index (χ1n) is 8.23. The Morgan fingerprint density at radius 3 is 3.09 bits per heavy atom. The summed E-state index contributed by atoms with van der Waals surface area (Å²) in [5, 5.41) is 0. The third-order valence-corrected chi connectivity index (χ3v) is 4.93. The van der Waals surface area contributed by atoms with Crippen LogP contribution < -0.4 is 0 Å². The van der Waals surface area contributed by atoms with Gasteiger partial charge in [-0.3, -0.25) is 4.79 Å². The van der Waals surface area contributed by atoms with Crippen LogP contribution in [-0.4, -0.2) is 22.0 Å². The molecular weight excluding hydrogens is 288 g/mol. The van der Waals surface area contributed by atoms with E-state index >= 15 is 0 Å². The van der Waals surface area contributed by atoms with E-state index in [-0.39, 0.29) is 17.8 Å². The number of allylic oxidation sites excluding steroid dienone is 4. The first-order valence-corrected chi connectivity index (χ1v) is 8.23. The first-order chi connectivity index (χ1) is 11.3. The minimum absolute atomic E-state index is 0.0591. The van der Waals surface area contributed by atoms with Crippen LogP contribution in [0, 0.1) is 17.8 Å². The van der Waals surface area contributed by atoms with Gasteiger partial charge in [0.1, 0.15) is 5.65 Å². The summed E-state index contributed by atoms with van der Waals surface area (Å²) in [7, 11) is 0. The Labute approximate surface area is 135 Å². The van der Waals surface area contributed by atoms with Crippen molar-refractivity contribution in [3.8, 4) is 0 Å². The number of esters is 1. The van der Waals surface area contributed by atoms with Crippen molar-refractivity contribution < 1.29 is 9.53 Å². The predicted octanol–water partition coefficient (Wildman–Crippen LogP) is 3.36. The molecule has 0 bridgehead atoms. The van der Waals surface area contributed by atoms with Crippen LogP contribution in [-0.2, 0) is 9.53 Å². The number of hydrogen-bond acceptors (Lipinski definition) is 3. The second-order valence-electron chi connectivity index (χ2n) is 6.21. The highest BCUT2D eigenvalue weighted by Gasteiger charge is 2.59. The maximum absolute atomic E-state index is 12.4. The summed E-state index contributed by atoms with van der Waals surface area (Å²) in [4.78, 5) is 16.9. The van der Waals surface area contributed by atoms with Gasteiger partial charge < -0.3 is 9.14 Å². The van der Waals surface area contributed by atoms with E-state index in [1.165, 1.54) is 0 Å². The van der Waals surface area contributed by atoms with Crippen LogP contribution in [0.15, 0.2) is 54.9 Å². The zero-order valence-corrected chi connectivity index (χ0v) is 13.1. The maximum Gasteiger partial charge on any atom is 0.309 e. The van der Waals surface area contributed by atoms with E-state index in [0.29, 0.717) is 18.4 Å². The molecule has 1 fully saturated rings. The van der Waals surface area contributed by atoms with E-state index in [4.69, 9.17) is 4.74 Å². The lowest BCUT2D eigenvalue weighted by Crippen LogP contribution is -2.11. The Morgan fingerprint density at radius 2 is 2.30 bits per heavy atom. The van der Waals surface area contributed by atoms with Crippen molar-refractivity contribution in [2.75, 3.05) is 6.61 Å². The van der Waals surface area contributed by atoms with Gasteiger partial charge in [0.15, 0.2) is 0 Å². The highest BCUT2D eigenvalue weighted by molar-refractivity contribution is 5.78. The molecule has 0 aliphatic heterocycles. The highest BCUT2D eigenvalue weighted by atomic mass is 16.5. The smallest absolute Gasteiger partial charge is 0.309 e. The molecule has 1 saturated carbocycles. The first kappa shape index (κ1) is 14.2. The molecule has 1 unspecified atom stereocenters. The molecule has 4 rings (SSSR count). The number of carbonyl (C=O) groups excluding carboxylic acids is 1. The number of fused-ring (bicyclic) bond motifs is 1. The number of hydrogen-bond donors (Lipinski definition) is 0. The minimum Gasteiger partial charge on any atom is -0.466 e. The Kier molecular flexibility index (Phi) is 3.52. The normalized spacial score (nSPS) is 28.9. The second kappa shape index (κ2) is 5.69. The summed E-state index contributed by atoms with van der Waals surface area (Å²) in [6.45, 7) is 2.30. The molecule has 4 atom stereocenters. The molecule has 2 aromatic heterocycles. The number of nitrogens with zero attached hydrogens (tertiary/aromatic N) is 2. The third kappa shape index (κ3) is 2.38. The SMILES string of the molecule is CCOC(=O)[C@H]1[C@H](c2cnc3ccccn23)[C@H]1C1C=CC=CC1. The van der Waals surface area contributed by atoms with E-state index in [9.17, 15) is 4.79 Å². The van der Waals surface area contributed by atoms with Crippen molar-refractivity contribution in [1.82, 2.24) is 9.38 Å². The molecule has 2 aliphatic carbocycles. The van der Waals surface area contributed by atoms with Gasteiger partial charge in [-0.25, -0.2) is 4.98 Å². The zero-order chi connectivity index (χ0) is 15.8. The van der Waals surface area contributed by atoms with Crippen molar-refractivity contribution in [2.24, 2.45) is 17.8 Å². The molecule has 0 radical (unpaired) electrons. The van der Waals surface area contributed by atoms with Gasteiger partial charge in [0.2, 0.25) is 0 Å². The average molecular weight is 308 g/mol.